The third kappa shape index (κ3) is 3.26. The molecule has 1 aromatic carbocycles. The summed E-state index contributed by atoms with van der Waals surface area (Å²) in [7, 11) is 1.32. The van der Waals surface area contributed by atoms with Crippen LogP contribution in [-0.4, -0.2) is 36.1 Å². The Labute approximate surface area is 154 Å². The Kier molecular flexibility index (Phi) is 4.55. The Morgan fingerprint density at radius 2 is 2.08 bits per heavy atom. The van der Waals surface area contributed by atoms with Crippen molar-refractivity contribution >= 4 is 32.7 Å². The van der Waals surface area contributed by atoms with Crippen molar-refractivity contribution in [3.05, 3.63) is 53.1 Å². The molecular formula is C19H18FN3O2S. The van der Waals surface area contributed by atoms with E-state index >= 15 is 0 Å². The van der Waals surface area contributed by atoms with Gasteiger partial charge in [-0.15, -0.1) is 0 Å². The molecule has 1 fully saturated rings. The van der Waals surface area contributed by atoms with Crippen LogP contribution in [0, 0.1) is 5.82 Å². The average molecular weight is 371 g/mol. The van der Waals surface area contributed by atoms with E-state index in [9.17, 15) is 9.18 Å². The van der Waals surface area contributed by atoms with Crippen LogP contribution in [0.1, 0.15) is 34.6 Å². The molecule has 3 heterocycles. The highest BCUT2D eigenvalue weighted by Gasteiger charge is 2.19. The van der Waals surface area contributed by atoms with Gasteiger partial charge in [-0.3, -0.25) is 0 Å². The smallest absolute Gasteiger partial charge is 0.356 e. The number of ether oxygens (including phenoxy) is 1. The highest BCUT2D eigenvalue weighted by molar-refractivity contribution is 7.22. The summed E-state index contributed by atoms with van der Waals surface area (Å²) >= 11 is 1.53. The minimum atomic E-state index is -0.485. The Bertz CT molecular complexity index is 967. The first-order chi connectivity index (χ1) is 12.6. The van der Waals surface area contributed by atoms with E-state index in [2.05, 4.69) is 9.88 Å². The Balaban J connectivity index is 1.70. The summed E-state index contributed by atoms with van der Waals surface area (Å²) in [5, 5.41) is 0.945. The highest BCUT2D eigenvalue weighted by Crippen LogP contribution is 2.33. The van der Waals surface area contributed by atoms with Gasteiger partial charge in [-0.2, -0.15) is 0 Å². The number of anilines is 1. The number of fused-ring (bicyclic) bond motifs is 1. The van der Waals surface area contributed by atoms with E-state index in [1.54, 1.807) is 12.1 Å². The van der Waals surface area contributed by atoms with Crippen molar-refractivity contribution in [2.24, 2.45) is 0 Å². The fraction of sp³-hybridized carbons (Fsp3) is 0.316. The molecular weight excluding hydrogens is 353 g/mol. The molecule has 5 nitrogen and oxygen atoms in total. The maximum absolute atomic E-state index is 14.1. The lowest BCUT2D eigenvalue weighted by Gasteiger charge is -2.11. The second-order valence-electron chi connectivity index (χ2n) is 6.28. The molecule has 0 N–H and O–H groups in total. The van der Waals surface area contributed by atoms with Crippen LogP contribution in [0.4, 0.5) is 9.52 Å². The van der Waals surface area contributed by atoms with Gasteiger partial charge in [0.15, 0.2) is 5.13 Å². The number of halogens is 1. The van der Waals surface area contributed by atoms with E-state index in [-0.39, 0.29) is 11.5 Å². The van der Waals surface area contributed by atoms with Gasteiger partial charge in [-0.25, -0.2) is 19.2 Å². The molecule has 1 aliphatic heterocycles. The van der Waals surface area contributed by atoms with Gasteiger partial charge in [0.05, 0.1) is 17.3 Å². The summed E-state index contributed by atoms with van der Waals surface area (Å²) < 4.78 is 19.7. The lowest BCUT2D eigenvalue weighted by Crippen LogP contribution is -2.16. The zero-order valence-electron chi connectivity index (χ0n) is 14.4. The second-order valence-corrected chi connectivity index (χ2v) is 7.29. The van der Waals surface area contributed by atoms with Crippen LogP contribution >= 0.6 is 11.3 Å². The number of aromatic nitrogens is 2. The monoisotopic (exact) mass is 371 g/mol. The predicted octanol–water partition coefficient (Wildman–Crippen LogP) is 3.81. The van der Waals surface area contributed by atoms with E-state index in [0.717, 1.165) is 34.0 Å². The van der Waals surface area contributed by atoms with Gasteiger partial charge in [-0.1, -0.05) is 17.4 Å². The summed E-state index contributed by atoms with van der Waals surface area (Å²) in [6, 6.07) is 8.21. The zero-order valence-corrected chi connectivity index (χ0v) is 15.2. The van der Waals surface area contributed by atoms with Crippen LogP contribution in [0.5, 0.6) is 0 Å². The van der Waals surface area contributed by atoms with Crippen LogP contribution in [0.25, 0.3) is 10.2 Å². The molecule has 0 spiro atoms. The number of hydrogen-bond acceptors (Lipinski definition) is 6. The standard InChI is InChI=1S/C19H18FN3O2S/c1-25-18(24)15-6-4-5-14(21-15)10-12-9-13(20)11-16-17(12)22-19(26-16)23-7-2-3-8-23/h4-6,9,11H,2-3,7-8,10H2,1H3. The number of carbonyl (C=O) groups excluding carboxylic acids is 1. The average Bonchev–Trinajstić information content (AvgIpc) is 3.30. The van der Waals surface area contributed by atoms with Gasteiger partial charge >= 0.3 is 5.97 Å². The molecule has 0 saturated carbocycles. The van der Waals surface area contributed by atoms with Crippen molar-refractivity contribution in [3.8, 4) is 0 Å². The van der Waals surface area contributed by atoms with Crippen LogP contribution in [-0.2, 0) is 11.2 Å². The SMILES string of the molecule is COC(=O)c1cccc(Cc2cc(F)cc3sc(N4CCCC4)nc23)n1. The van der Waals surface area contributed by atoms with Gasteiger partial charge < -0.3 is 9.64 Å². The van der Waals surface area contributed by atoms with Crippen molar-refractivity contribution < 1.29 is 13.9 Å². The van der Waals surface area contributed by atoms with E-state index in [1.165, 1.54) is 43.4 Å². The molecule has 134 valence electrons. The molecule has 1 saturated heterocycles. The van der Waals surface area contributed by atoms with Crippen LogP contribution in [0.3, 0.4) is 0 Å². The quantitative estimate of drug-likeness (QED) is 0.653. The number of rotatable bonds is 4. The Morgan fingerprint density at radius 1 is 1.27 bits per heavy atom. The number of carbonyl (C=O) groups is 1. The van der Waals surface area contributed by atoms with Gasteiger partial charge in [0.25, 0.3) is 0 Å². The number of methoxy groups -OCH3 is 1. The molecule has 26 heavy (non-hydrogen) atoms. The van der Waals surface area contributed by atoms with Crippen LogP contribution in [0.15, 0.2) is 30.3 Å². The van der Waals surface area contributed by atoms with Gasteiger partial charge in [0, 0.05) is 25.2 Å². The first-order valence-corrected chi connectivity index (χ1v) is 9.34. The Hall–Kier alpha value is -2.54. The number of hydrogen-bond donors (Lipinski definition) is 0. The van der Waals surface area contributed by atoms with Gasteiger partial charge in [-0.05, 0) is 42.7 Å². The lowest BCUT2D eigenvalue weighted by molar-refractivity contribution is 0.0593. The minimum absolute atomic E-state index is 0.244. The molecule has 0 bridgehead atoms. The van der Waals surface area contributed by atoms with E-state index < -0.39 is 5.97 Å². The van der Waals surface area contributed by atoms with Gasteiger partial charge in [0.1, 0.15) is 11.5 Å². The number of esters is 1. The van der Waals surface area contributed by atoms with Gasteiger partial charge in [0.2, 0.25) is 0 Å². The largest absolute Gasteiger partial charge is 0.464 e. The highest BCUT2D eigenvalue weighted by atomic mass is 32.1. The topological polar surface area (TPSA) is 55.3 Å². The molecule has 7 heteroatoms. The van der Waals surface area contributed by atoms with Crippen molar-refractivity contribution in [2.45, 2.75) is 19.3 Å². The van der Waals surface area contributed by atoms with E-state index in [1.807, 2.05) is 6.07 Å². The summed E-state index contributed by atoms with van der Waals surface area (Å²) in [5.74, 6) is -0.769. The summed E-state index contributed by atoms with van der Waals surface area (Å²) in [4.78, 5) is 23.0. The summed E-state index contributed by atoms with van der Waals surface area (Å²) in [5.41, 5.74) is 2.50. The molecule has 4 rings (SSSR count). The predicted molar refractivity (Wildman–Crippen MR) is 99.4 cm³/mol. The van der Waals surface area contributed by atoms with E-state index in [4.69, 9.17) is 9.72 Å². The fourth-order valence-corrected chi connectivity index (χ4v) is 4.31. The molecule has 0 radical (unpaired) electrons. The maximum atomic E-state index is 14.1. The second kappa shape index (κ2) is 6.99. The normalized spacial score (nSPS) is 14.2. The van der Waals surface area contributed by atoms with Crippen molar-refractivity contribution in [1.29, 1.82) is 0 Å². The number of benzene rings is 1. The van der Waals surface area contributed by atoms with E-state index in [0.29, 0.717) is 12.1 Å². The van der Waals surface area contributed by atoms with Crippen LogP contribution < -0.4 is 4.90 Å². The fourth-order valence-electron chi connectivity index (χ4n) is 3.22. The Morgan fingerprint density at radius 3 is 2.85 bits per heavy atom. The molecule has 1 aliphatic rings. The molecule has 0 unspecified atom stereocenters. The summed E-state index contributed by atoms with van der Waals surface area (Å²) in [6.45, 7) is 2.00. The number of pyridine rings is 1. The lowest BCUT2D eigenvalue weighted by atomic mass is 10.1. The first-order valence-electron chi connectivity index (χ1n) is 8.52. The zero-order chi connectivity index (χ0) is 18.1. The summed E-state index contributed by atoms with van der Waals surface area (Å²) in [6.07, 6.45) is 2.74. The number of nitrogens with zero attached hydrogens (tertiary/aromatic N) is 3. The van der Waals surface area contributed by atoms with Crippen LogP contribution in [0.2, 0.25) is 0 Å². The molecule has 0 atom stereocenters. The van der Waals surface area contributed by atoms with Crippen molar-refractivity contribution in [1.82, 2.24) is 9.97 Å². The first kappa shape index (κ1) is 16.9. The van der Waals surface area contributed by atoms with Crippen molar-refractivity contribution in [3.63, 3.8) is 0 Å². The molecule has 2 aromatic heterocycles. The minimum Gasteiger partial charge on any atom is -0.464 e. The third-order valence-electron chi connectivity index (χ3n) is 4.48. The third-order valence-corrected chi connectivity index (χ3v) is 5.54. The number of thiazole rings is 1. The molecule has 0 aliphatic carbocycles. The molecule has 3 aromatic rings. The molecule has 0 amide bonds. The maximum Gasteiger partial charge on any atom is 0.356 e. The van der Waals surface area contributed by atoms with Crippen molar-refractivity contribution in [2.75, 3.05) is 25.1 Å².